The van der Waals surface area contributed by atoms with Crippen molar-refractivity contribution in [2.24, 2.45) is 40.4 Å². The maximum atomic E-state index is 14.5. The van der Waals surface area contributed by atoms with E-state index in [4.69, 9.17) is 14.4 Å². The van der Waals surface area contributed by atoms with Gasteiger partial charge in [-0.25, -0.2) is 9.68 Å². The van der Waals surface area contributed by atoms with Gasteiger partial charge in [-0.3, -0.25) is 10.1 Å². The first-order valence-corrected chi connectivity index (χ1v) is 15.7. The number of carbonyl (C=O) groups is 2. The third-order valence-corrected chi connectivity index (χ3v) is 12.6. The van der Waals surface area contributed by atoms with Crippen LogP contribution < -0.4 is 5.32 Å². The summed E-state index contributed by atoms with van der Waals surface area (Å²) in [5.41, 5.74) is -3.26. The minimum absolute atomic E-state index is 0.0530. The summed E-state index contributed by atoms with van der Waals surface area (Å²) in [6, 6.07) is 8.60. The molecule has 1 saturated heterocycles. The molecule has 44 heavy (non-hydrogen) atoms. The molecule has 12 atom stereocenters. The molecule has 2 saturated carbocycles. The number of aliphatic hydroxyl groups is 3. The van der Waals surface area contributed by atoms with Crippen molar-refractivity contribution in [1.82, 2.24) is 5.32 Å². The Balaban J connectivity index is 1.66. The van der Waals surface area contributed by atoms with Crippen molar-refractivity contribution < 1.29 is 44.5 Å². The lowest BCUT2D eigenvalue weighted by Crippen LogP contribution is -2.77. The highest BCUT2D eigenvalue weighted by Gasteiger charge is 2.73. The monoisotopic (exact) mass is 615 g/mol. The van der Waals surface area contributed by atoms with Gasteiger partial charge in [-0.1, -0.05) is 77.4 Å². The van der Waals surface area contributed by atoms with Crippen molar-refractivity contribution in [3.63, 3.8) is 0 Å². The van der Waals surface area contributed by atoms with E-state index in [0.717, 1.165) is 5.56 Å². The van der Waals surface area contributed by atoms with E-state index in [0.29, 0.717) is 17.6 Å². The molecule has 1 aromatic carbocycles. The quantitative estimate of drug-likeness (QED) is 0.181. The van der Waals surface area contributed by atoms with Crippen LogP contribution in [0.15, 0.2) is 41.5 Å². The number of ketones is 1. The van der Waals surface area contributed by atoms with Crippen LogP contribution in [0.4, 0.5) is 4.79 Å². The lowest BCUT2D eigenvalue weighted by molar-refractivity contribution is -0.332. The predicted molar refractivity (Wildman–Crippen MR) is 161 cm³/mol. The number of benzene rings is 1. The number of hydrogen-bond donors (Lipinski definition) is 5. The Hall–Kier alpha value is -2.34. The van der Waals surface area contributed by atoms with E-state index in [9.17, 15) is 30.2 Å². The molecular weight excluding hydrogens is 566 g/mol. The molecule has 244 valence electrons. The van der Waals surface area contributed by atoms with E-state index in [-0.39, 0.29) is 24.7 Å². The largest absolute Gasteiger partial charge is 0.453 e. The van der Waals surface area contributed by atoms with Gasteiger partial charge in [-0.15, -0.1) is 0 Å². The number of methoxy groups -OCH3 is 1. The molecule has 5 N–H and O–H groups in total. The molecule has 5 rings (SSSR count). The molecule has 1 aromatic rings. The van der Waals surface area contributed by atoms with Crippen LogP contribution in [0.2, 0.25) is 0 Å². The molecule has 4 aliphatic rings. The molecule has 8 unspecified atom stereocenters. The number of fused-ring (bicyclic) bond motifs is 5. The molecule has 10 nitrogen and oxygen atoms in total. The number of ether oxygens (including phenoxy) is 2. The van der Waals surface area contributed by atoms with Gasteiger partial charge in [0.05, 0.1) is 31.5 Å². The molecule has 1 aliphatic heterocycles. The van der Waals surface area contributed by atoms with Crippen LogP contribution in [0.1, 0.15) is 72.9 Å². The van der Waals surface area contributed by atoms with E-state index in [2.05, 4.69) is 5.32 Å². The van der Waals surface area contributed by atoms with Crippen molar-refractivity contribution >= 4 is 11.9 Å². The Morgan fingerprint density at radius 1 is 1.14 bits per heavy atom. The lowest BCUT2D eigenvalue weighted by Gasteiger charge is -2.68. The molecule has 2 bridgehead atoms. The minimum atomic E-state index is -1.55. The van der Waals surface area contributed by atoms with Gasteiger partial charge in [0.2, 0.25) is 0 Å². The van der Waals surface area contributed by atoms with Crippen LogP contribution in [-0.4, -0.2) is 75.7 Å². The van der Waals surface area contributed by atoms with Gasteiger partial charge in [0.15, 0.2) is 5.78 Å². The summed E-state index contributed by atoms with van der Waals surface area (Å²) in [6.07, 6.45) is -3.04. The Morgan fingerprint density at radius 2 is 1.77 bits per heavy atom. The molecule has 0 spiro atoms. The third kappa shape index (κ3) is 4.43. The van der Waals surface area contributed by atoms with E-state index in [1.165, 1.54) is 7.11 Å². The second-order valence-electron chi connectivity index (χ2n) is 14.7. The van der Waals surface area contributed by atoms with E-state index in [1.807, 2.05) is 78.8 Å². The normalized spacial score (nSPS) is 41.6. The molecule has 1 amide bonds. The number of hydrogen-bond acceptors (Lipinski definition) is 9. The Kier molecular flexibility index (Phi) is 8.39. The average Bonchev–Trinajstić information content (AvgIpc) is 2.99. The zero-order valence-electron chi connectivity index (χ0n) is 27.0. The zero-order chi connectivity index (χ0) is 32.6. The van der Waals surface area contributed by atoms with Crippen molar-refractivity contribution in [3.05, 3.63) is 47.0 Å². The van der Waals surface area contributed by atoms with Crippen LogP contribution in [0.25, 0.3) is 0 Å². The van der Waals surface area contributed by atoms with Crippen LogP contribution in [0.3, 0.4) is 0 Å². The molecule has 3 fully saturated rings. The van der Waals surface area contributed by atoms with Gasteiger partial charge in [-0.05, 0) is 42.7 Å². The van der Waals surface area contributed by atoms with E-state index >= 15 is 0 Å². The van der Waals surface area contributed by atoms with Crippen molar-refractivity contribution in [1.29, 1.82) is 0 Å². The summed E-state index contributed by atoms with van der Waals surface area (Å²) in [5.74, 6) is -3.13. The van der Waals surface area contributed by atoms with Gasteiger partial charge in [-0.2, -0.15) is 0 Å². The van der Waals surface area contributed by atoms with Crippen molar-refractivity contribution in [2.45, 2.75) is 96.9 Å². The van der Waals surface area contributed by atoms with Gasteiger partial charge in [0, 0.05) is 28.6 Å². The second-order valence-corrected chi connectivity index (χ2v) is 14.7. The molecule has 3 aliphatic carbocycles. The van der Waals surface area contributed by atoms with Crippen LogP contribution in [0.5, 0.6) is 0 Å². The topological polar surface area (TPSA) is 155 Å². The average molecular weight is 616 g/mol. The molecule has 0 radical (unpaired) electrons. The first-order chi connectivity index (χ1) is 20.5. The van der Waals surface area contributed by atoms with E-state index in [1.54, 1.807) is 0 Å². The molecule has 0 aromatic heterocycles. The summed E-state index contributed by atoms with van der Waals surface area (Å²) in [5, 5.41) is 50.4. The predicted octanol–water partition coefficient (Wildman–Crippen LogP) is 4.04. The zero-order valence-corrected chi connectivity index (χ0v) is 27.0. The van der Waals surface area contributed by atoms with Gasteiger partial charge >= 0.3 is 6.09 Å². The minimum Gasteiger partial charge on any atom is -0.453 e. The SMILES string of the molecule is COC(=O)NC(c1ccccc1)C(C)[C@@H](OO)C1CC2(O)C(C)C3[C@]4(O)COC4C[C@H](C)[C@@]3(C)C(=O)C(O)C(=C1C)C2(C)C. The first kappa shape index (κ1) is 33.0. The number of Topliss-reactive ketones (excluding diaryl/α,β-unsaturated/α-hetero) is 1. The third-order valence-electron chi connectivity index (χ3n) is 12.6. The maximum Gasteiger partial charge on any atom is 0.407 e. The smallest absolute Gasteiger partial charge is 0.407 e. The fourth-order valence-corrected chi connectivity index (χ4v) is 9.81. The van der Waals surface area contributed by atoms with Crippen LogP contribution in [-0.2, 0) is 19.2 Å². The number of rotatable bonds is 6. The first-order valence-electron chi connectivity index (χ1n) is 15.7. The van der Waals surface area contributed by atoms with Gasteiger partial charge in [0.25, 0.3) is 0 Å². The number of amides is 1. The standard InChI is InChI=1S/C34H49NO9/c1-17-14-23-33(39,16-43-23)28-20(4)34(40)15-22(18(2)24(31(34,5)6)26(36)29(37)32(17,28)7)27(44-41)19(3)25(35-30(38)42-8)21-12-10-9-11-13-21/h9-13,17,19-20,22-23,25-28,36,39-41H,14-16H2,1-8H3,(H,35,38)/t17-,19?,20?,22?,23?,25?,26?,27+,28?,32+,33-,34?/m0/s1. The summed E-state index contributed by atoms with van der Waals surface area (Å²) in [7, 11) is 1.27. The number of aliphatic hydroxyl groups excluding tert-OH is 1. The summed E-state index contributed by atoms with van der Waals surface area (Å²) in [4.78, 5) is 32.2. The molecular formula is C34H49NO9. The lowest BCUT2D eigenvalue weighted by atomic mass is 9.41. The van der Waals surface area contributed by atoms with Crippen molar-refractivity contribution in [3.8, 4) is 0 Å². The highest BCUT2D eigenvalue weighted by Crippen LogP contribution is 2.66. The maximum absolute atomic E-state index is 14.5. The van der Waals surface area contributed by atoms with E-state index < -0.39 is 76.2 Å². The van der Waals surface area contributed by atoms with Gasteiger partial charge < -0.3 is 30.1 Å². The van der Waals surface area contributed by atoms with Crippen LogP contribution in [0, 0.1) is 40.4 Å². The molecule has 1 heterocycles. The molecule has 10 heteroatoms. The number of alkyl carbamates (subject to hydrolysis) is 1. The second kappa shape index (κ2) is 11.2. The Bertz CT molecular complexity index is 1310. The van der Waals surface area contributed by atoms with Gasteiger partial charge in [0.1, 0.15) is 17.8 Å². The number of nitrogens with one attached hydrogen (secondary N) is 1. The Labute approximate surface area is 259 Å². The number of carbonyl (C=O) groups excluding carboxylic acids is 2. The summed E-state index contributed by atoms with van der Waals surface area (Å²) >= 11 is 0. The van der Waals surface area contributed by atoms with Crippen LogP contribution >= 0.6 is 0 Å². The highest BCUT2D eigenvalue weighted by atomic mass is 17.1. The summed E-state index contributed by atoms with van der Waals surface area (Å²) < 4.78 is 10.7. The fourth-order valence-electron chi connectivity index (χ4n) is 9.81. The fraction of sp³-hybridized carbons (Fsp3) is 0.706. The highest BCUT2D eigenvalue weighted by molar-refractivity contribution is 5.93. The van der Waals surface area contributed by atoms with Crippen molar-refractivity contribution in [2.75, 3.05) is 13.7 Å². The summed E-state index contributed by atoms with van der Waals surface area (Å²) in [6.45, 7) is 13.1. The Morgan fingerprint density at radius 3 is 2.32 bits per heavy atom.